The lowest BCUT2D eigenvalue weighted by atomic mass is 10.1. The maximum absolute atomic E-state index is 12.4. The van der Waals surface area contributed by atoms with Crippen molar-refractivity contribution in [1.82, 2.24) is 20.0 Å². The van der Waals surface area contributed by atoms with Crippen LogP contribution in [0.15, 0.2) is 30.3 Å². The fourth-order valence-electron chi connectivity index (χ4n) is 3.79. The molecule has 7 heteroatoms. The van der Waals surface area contributed by atoms with E-state index in [0.717, 1.165) is 35.8 Å². The molecule has 1 aromatic carbocycles. The van der Waals surface area contributed by atoms with Crippen LogP contribution in [0.4, 0.5) is 0 Å². The third kappa shape index (κ3) is 3.49. The molecule has 1 amide bonds. The van der Waals surface area contributed by atoms with Crippen LogP contribution in [0.1, 0.15) is 34.3 Å². The fraction of sp³-hybridized carbons (Fsp3) is 0.474. The van der Waals surface area contributed by atoms with E-state index in [1.54, 1.807) is 4.68 Å². The Labute approximate surface area is 158 Å². The van der Waals surface area contributed by atoms with Gasteiger partial charge in [0.1, 0.15) is 5.69 Å². The van der Waals surface area contributed by atoms with Gasteiger partial charge in [-0.05, 0) is 37.1 Å². The average molecular weight is 375 g/mol. The second-order valence-corrected chi connectivity index (χ2v) is 7.62. The minimum atomic E-state index is -0.103. The van der Waals surface area contributed by atoms with Gasteiger partial charge in [0.15, 0.2) is 0 Å². The topological polar surface area (TPSA) is 59.4 Å². The van der Waals surface area contributed by atoms with Crippen molar-refractivity contribution in [3.63, 3.8) is 0 Å². The number of carbonyl (C=O) groups is 1. The van der Waals surface area contributed by atoms with Crippen molar-refractivity contribution in [2.24, 2.45) is 7.05 Å². The number of benzene rings is 1. The summed E-state index contributed by atoms with van der Waals surface area (Å²) in [4.78, 5) is 14.9. The van der Waals surface area contributed by atoms with Gasteiger partial charge in [-0.15, -0.1) is 0 Å². The van der Waals surface area contributed by atoms with Crippen LogP contribution >= 0.6 is 11.6 Å². The number of hydrogen-bond donors (Lipinski definition) is 1. The minimum Gasteiger partial charge on any atom is -0.371 e. The molecule has 0 bridgehead atoms. The average Bonchev–Trinajstić information content (AvgIpc) is 3.17. The summed E-state index contributed by atoms with van der Waals surface area (Å²) in [6.07, 6.45) is 0.960. The zero-order valence-electron chi connectivity index (χ0n) is 15.0. The number of fused-ring (bicyclic) bond motifs is 1. The molecule has 2 aliphatic rings. The van der Waals surface area contributed by atoms with Crippen LogP contribution in [0.5, 0.6) is 0 Å². The predicted molar refractivity (Wildman–Crippen MR) is 99.3 cm³/mol. The second kappa shape index (κ2) is 7.02. The number of amides is 1. The van der Waals surface area contributed by atoms with Gasteiger partial charge in [-0.3, -0.25) is 14.4 Å². The largest absolute Gasteiger partial charge is 0.371 e. The van der Waals surface area contributed by atoms with Gasteiger partial charge in [0.2, 0.25) is 0 Å². The molecular formula is C19H23ClN4O2. The summed E-state index contributed by atoms with van der Waals surface area (Å²) in [5.41, 5.74) is 2.59. The quantitative estimate of drug-likeness (QED) is 0.895. The van der Waals surface area contributed by atoms with Crippen LogP contribution in [0, 0.1) is 6.92 Å². The van der Waals surface area contributed by atoms with E-state index < -0.39 is 0 Å². The Morgan fingerprint density at radius 2 is 2.08 bits per heavy atom. The number of ether oxygens (including phenoxy) is 1. The Morgan fingerprint density at radius 3 is 2.77 bits per heavy atom. The van der Waals surface area contributed by atoms with Crippen molar-refractivity contribution in [2.75, 3.05) is 19.7 Å². The Morgan fingerprint density at radius 1 is 1.31 bits per heavy atom. The summed E-state index contributed by atoms with van der Waals surface area (Å²) < 4.78 is 7.78. The van der Waals surface area contributed by atoms with Gasteiger partial charge in [-0.2, -0.15) is 5.10 Å². The molecule has 0 spiro atoms. The molecule has 0 saturated carbocycles. The van der Waals surface area contributed by atoms with Gasteiger partial charge in [-0.25, -0.2) is 0 Å². The van der Waals surface area contributed by atoms with E-state index in [9.17, 15) is 4.79 Å². The Bertz CT molecular complexity index is 785. The highest BCUT2D eigenvalue weighted by molar-refractivity contribution is 6.30. The van der Waals surface area contributed by atoms with E-state index in [1.165, 1.54) is 0 Å². The fourth-order valence-corrected chi connectivity index (χ4v) is 3.91. The number of carbonyl (C=O) groups excluding carboxylic acids is 1. The third-order valence-electron chi connectivity index (χ3n) is 5.34. The van der Waals surface area contributed by atoms with Crippen LogP contribution in [0.3, 0.4) is 0 Å². The second-order valence-electron chi connectivity index (χ2n) is 7.18. The number of morpholine rings is 1. The first-order chi connectivity index (χ1) is 12.5. The van der Waals surface area contributed by atoms with Gasteiger partial charge < -0.3 is 10.1 Å². The first-order valence-electron chi connectivity index (χ1n) is 8.92. The number of hydrogen-bond acceptors (Lipinski definition) is 4. The lowest BCUT2D eigenvalue weighted by Crippen LogP contribution is -2.43. The zero-order chi connectivity index (χ0) is 18.3. The van der Waals surface area contributed by atoms with E-state index >= 15 is 0 Å². The van der Waals surface area contributed by atoms with Crippen LogP contribution < -0.4 is 5.32 Å². The number of nitrogens with zero attached hydrogens (tertiary/aromatic N) is 3. The molecule has 2 fully saturated rings. The summed E-state index contributed by atoms with van der Waals surface area (Å²) in [7, 11) is 1.84. The van der Waals surface area contributed by atoms with Crippen LogP contribution in [-0.2, 0) is 11.8 Å². The van der Waals surface area contributed by atoms with Gasteiger partial charge in [0.05, 0.1) is 12.7 Å². The molecule has 2 aromatic rings. The van der Waals surface area contributed by atoms with E-state index in [-0.39, 0.29) is 18.1 Å². The van der Waals surface area contributed by atoms with Crippen LogP contribution in [0.2, 0.25) is 5.02 Å². The van der Waals surface area contributed by atoms with Crippen molar-refractivity contribution in [3.8, 4) is 0 Å². The maximum Gasteiger partial charge on any atom is 0.272 e. The normalized spacial score (nSPS) is 25.9. The summed E-state index contributed by atoms with van der Waals surface area (Å²) in [6, 6.07) is 10.1. The van der Waals surface area contributed by atoms with Crippen molar-refractivity contribution < 1.29 is 9.53 Å². The molecule has 4 rings (SSSR count). The summed E-state index contributed by atoms with van der Waals surface area (Å²) in [5.74, 6) is -0.103. The molecule has 0 radical (unpaired) electrons. The van der Waals surface area contributed by atoms with Gasteiger partial charge in [0, 0.05) is 42.9 Å². The lowest BCUT2D eigenvalue weighted by molar-refractivity contribution is -0.0502. The Kier molecular flexibility index (Phi) is 4.73. The Balaban J connectivity index is 1.37. The lowest BCUT2D eigenvalue weighted by Gasteiger charge is -2.35. The standard InChI is InChI=1S/C19H23ClN4O2/c1-12-7-17(22-23(12)2)19(25)21-15-8-16-11-26-18(10-24(16)9-15)13-3-5-14(20)6-4-13/h3-7,15-16,18H,8-11H2,1-2H3,(H,21,25)/t15-,16-,18+/m0/s1. The highest BCUT2D eigenvalue weighted by atomic mass is 35.5. The molecule has 138 valence electrons. The third-order valence-corrected chi connectivity index (χ3v) is 5.59. The Hall–Kier alpha value is -1.89. The molecule has 0 aliphatic carbocycles. The van der Waals surface area contributed by atoms with Crippen molar-refractivity contribution >= 4 is 17.5 Å². The summed E-state index contributed by atoms with van der Waals surface area (Å²) in [6.45, 7) is 4.30. The molecule has 26 heavy (non-hydrogen) atoms. The number of halogens is 1. The van der Waals surface area contributed by atoms with Gasteiger partial charge in [0.25, 0.3) is 5.91 Å². The minimum absolute atomic E-state index is 0.0522. The van der Waals surface area contributed by atoms with E-state index in [2.05, 4.69) is 15.3 Å². The SMILES string of the molecule is Cc1cc(C(=O)N[C@H]2C[C@H]3CO[C@@H](c4ccc(Cl)cc4)CN3C2)nn1C. The molecule has 2 aliphatic heterocycles. The summed E-state index contributed by atoms with van der Waals surface area (Å²) >= 11 is 5.97. The predicted octanol–water partition coefficient (Wildman–Crippen LogP) is 2.33. The van der Waals surface area contributed by atoms with Crippen molar-refractivity contribution in [2.45, 2.75) is 31.5 Å². The van der Waals surface area contributed by atoms with Crippen LogP contribution in [-0.4, -0.2) is 52.4 Å². The van der Waals surface area contributed by atoms with Crippen molar-refractivity contribution in [3.05, 3.63) is 52.3 Å². The number of aryl methyl sites for hydroxylation is 2. The highest BCUT2D eigenvalue weighted by Crippen LogP contribution is 2.30. The smallest absolute Gasteiger partial charge is 0.272 e. The molecule has 3 heterocycles. The first-order valence-corrected chi connectivity index (χ1v) is 9.30. The highest BCUT2D eigenvalue weighted by Gasteiger charge is 2.38. The summed E-state index contributed by atoms with van der Waals surface area (Å²) in [5, 5.41) is 8.11. The molecule has 1 N–H and O–H groups in total. The monoisotopic (exact) mass is 374 g/mol. The zero-order valence-corrected chi connectivity index (χ0v) is 15.7. The van der Waals surface area contributed by atoms with E-state index in [4.69, 9.17) is 16.3 Å². The molecule has 2 saturated heterocycles. The number of aromatic nitrogens is 2. The number of rotatable bonds is 3. The first kappa shape index (κ1) is 17.5. The molecular weight excluding hydrogens is 352 g/mol. The van der Waals surface area contributed by atoms with E-state index in [1.807, 2.05) is 44.3 Å². The molecule has 6 nitrogen and oxygen atoms in total. The molecule has 1 aromatic heterocycles. The van der Waals surface area contributed by atoms with Gasteiger partial charge >= 0.3 is 0 Å². The van der Waals surface area contributed by atoms with Crippen LogP contribution in [0.25, 0.3) is 0 Å². The van der Waals surface area contributed by atoms with Crippen molar-refractivity contribution in [1.29, 1.82) is 0 Å². The van der Waals surface area contributed by atoms with E-state index in [0.29, 0.717) is 18.3 Å². The maximum atomic E-state index is 12.4. The molecule has 0 unspecified atom stereocenters. The molecule has 3 atom stereocenters. The van der Waals surface area contributed by atoms with Gasteiger partial charge in [-0.1, -0.05) is 23.7 Å². The number of nitrogens with one attached hydrogen (secondary N) is 1.